The van der Waals surface area contributed by atoms with Crippen LogP contribution in [-0.2, 0) is 17.6 Å². The van der Waals surface area contributed by atoms with Crippen LogP contribution in [0.2, 0.25) is 0 Å². The third-order valence-electron chi connectivity index (χ3n) is 4.44. The summed E-state index contributed by atoms with van der Waals surface area (Å²) in [6.07, 6.45) is 5.97. The van der Waals surface area contributed by atoms with E-state index >= 15 is 0 Å². The number of hydrogen-bond acceptors (Lipinski definition) is 5. The Labute approximate surface area is 139 Å². The molecule has 0 aromatic carbocycles. The van der Waals surface area contributed by atoms with Crippen LogP contribution in [0.15, 0.2) is 39.9 Å². The molecule has 7 heteroatoms. The highest BCUT2D eigenvalue weighted by molar-refractivity contribution is 5.76. The molecule has 1 amide bonds. The number of carbonyl (C=O) groups excluding carboxylic acids is 1. The van der Waals surface area contributed by atoms with Crippen LogP contribution in [0.5, 0.6) is 0 Å². The number of aryl methyl sites for hydroxylation is 1. The Bertz CT molecular complexity index is 719. The molecule has 1 aliphatic rings. The normalized spacial score (nSPS) is 21.0. The average molecular weight is 331 g/mol. The van der Waals surface area contributed by atoms with E-state index in [4.69, 9.17) is 4.52 Å². The minimum atomic E-state index is -0.301. The first-order valence-corrected chi connectivity index (χ1v) is 8.14. The number of pyridine rings is 1. The number of nitrogens with zero attached hydrogens (tertiary/aromatic N) is 1. The van der Waals surface area contributed by atoms with Gasteiger partial charge in [0, 0.05) is 37.3 Å². The second-order valence-electron chi connectivity index (χ2n) is 6.30. The molecular formula is C17H21N3O4. The summed E-state index contributed by atoms with van der Waals surface area (Å²) in [7, 11) is 0. The molecule has 0 aliphatic heterocycles. The van der Waals surface area contributed by atoms with Crippen molar-refractivity contribution in [2.24, 2.45) is 5.92 Å². The van der Waals surface area contributed by atoms with Crippen molar-refractivity contribution in [1.82, 2.24) is 15.5 Å². The second-order valence-corrected chi connectivity index (χ2v) is 6.30. The Kier molecular flexibility index (Phi) is 5.10. The van der Waals surface area contributed by atoms with Crippen molar-refractivity contribution >= 4 is 5.91 Å². The van der Waals surface area contributed by atoms with Crippen LogP contribution in [0.4, 0.5) is 0 Å². The Balaban J connectivity index is 1.56. The van der Waals surface area contributed by atoms with E-state index in [1.165, 1.54) is 6.07 Å². The van der Waals surface area contributed by atoms with Crippen LogP contribution in [0.1, 0.15) is 30.6 Å². The quantitative estimate of drug-likeness (QED) is 0.695. The number of aromatic amines is 1. The van der Waals surface area contributed by atoms with Gasteiger partial charge in [0.15, 0.2) is 0 Å². The van der Waals surface area contributed by atoms with Gasteiger partial charge in [-0.2, -0.15) is 5.16 Å². The lowest BCUT2D eigenvalue weighted by molar-refractivity contribution is -0.123. The Morgan fingerprint density at radius 2 is 2.17 bits per heavy atom. The number of aromatic nitrogens is 2. The monoisotopic (exact) mass is 331 g/mol. The lowest BCUT2D eigenvalue weighted by Gasteiger charge is -2.38. The highest BCUT2D eigenvalue weighted by atomic mass is 16.5. The number of nitrogens with one attached hydrogen (secondary N) is 2. The molecule has 1 atom stereocenters. The fourth-order valence-corrected chi connectivity index (χ4v) is 3.03. The summed E-state index contributed by atoms with van der Waals surface area (Å²) in [6, 6.07) is 5.21. The van der Waals surface area contributed by atoms with Crippen molar-refractivity contribution in [1.29, 1.82) is 0 Å². The molecule has 0 radical (unpaired) electrons. The zero-order chi connectivity index (χ0) is 16.9. The fraction of sp³-hybridized carbons (Fsp3) is 0.471. The number of carbonyl (C=O) groups is 1. The molecule has 1 aliphatic carbocycles. The van der Waals surface area contributed by atoms with E-state index in [1.54, 1.807) is 12.4 Å². The minimum absolute atomic E-state index is 0.0125. The van der Waals surface area contributed by atoms with Crippen molar-refractivity contribution in [3.8, 4) is 0 Å². The molecule has 0 spiro atoms. The molecule has 2 heterocycles. The van der Waals surface area contributed by atoms with Crippen LogP contribution < -0.4 is 10.9 Å². The average Bonchev–Trinajstić information content (AvgIpc) is 2.96. The molecule has 0 saturated heterocycles. The lowest BCUT2D eigenvalue weighted by Crippen LogP contribution is -2.48. The van der Waals surface area contributed by atoms with Crippen LogP contribution in [0.3, 0.4) is 0 Å². The van der Waals surface area contributed by atoms with Gasteiger partial charge in [-0.25, -0.2) is 0 Å². The topological polar surface area (TPSA) is 108 Å². The molecule has 24 heavy (non-hydrogen) atoms. The van der Waals surface area contributed by atoms with Crippen molar-refractivity contribution in [3.05, 3.63) is 52.3 Å². The minimum Gasteiger partial charge on any atom is -0.393 e. The molecule has 3 N–H and O–H groups in total. The number of aliphatic hydroxyl groups is 1. The van der Waals surface area contributed by atoms with Gasteiger partial charge in [0.05, 0.1) is 6.10 Å². The smallest absolute Gasteiger partial charge is 0.280 e. The maximum Gasteiger partial charge on any atom is 0.280 e. The molecule has 3 rings (SSSR count). The Morgan fingerprint density at radius 3 is 2.79 bits per heavy atom. The number of amides is 1. The number of hydrogen-bond donors (Lipinski definition) is 3. The zero-order valence-corrected chi connectivity index (χ0v) is 13.3. The van der Waals surface area contributed by atoms with Crippen LogP contribution in [0, 0.1) is 5.92 Å². The van der Waals surface area contributed by atoms with Crippen LogP contribution >= 0.6 is 0 Å². The summed E-state index contributed by atoms with van der Waals surface area (Å²) in [5.74, 6) is 0.668. The van der Waals surface area contributed by atoms with E-state index in [0.29, 0.717) is 31.4 Å². The summed E-state index contributed by atoms with van der Waals surface area (Å²) in [6.45, 7) is 0. The number of rotatable bonds is 7. The summed E-state index contributed by atoms with van der Waals surface area (Å²) in [5.41, 5.74) is 0.803. The summed E-state index contributed by atoms with van der Waals surface area (Å²) >= 11 is 0. The summed E-state index contributed by atoms with van der Waals surface area (Å²) in [5, 5.41) is 14.8. The van der Waals surface area contributed by atoms with E-state index in [-0.39, 0.29) is 36.0 Å². The SMILES string of the molecule is O=C(CCc1cc(=O)[nH]o1)N[C@@H](Cc1ccncc1)C1CC(O)C1. The molecule has 0 unspecified atom stereocenters. The molecule has 128 valence electrons. The van der Waals surface area contributed by atoms with E-state index in [1.807, 2.05) is 12.1 Å². The van der Waals surface area contributed by atoms with Crippen LogP contribution in [0.25, 0.3) is 0 Å². The van der Waals surface area contributed by atoms with Gasteiger partial charge in [-0.15, -0.1) is 0 Å². The van der Waals surface area contributed by atoms with Gasteiger partial charge >= 0.3 is 0 Å². The molecule has 2 aromatic rings. The summed E-state index contributed by atoms with van der Waals surface area (Å²) < 4.78 is 4.95. The second kappa shape index (κ2) is 7.44. The molecule has 2 aromatic heterocycles. The predicted octanol–water partition coefficient (Wildman–Crippen LogP) is 0.794. The maximum atomic E-state index is 12.2. The number of H-pyrrole nitrogens is 1. The van der Waals surface area contributed by atoms with Crippen molar-refractivity contribution in [2.45, 2.75) is 44.2 Å². The molecule has 7 nitrogen and oxygen atoms in total. The first-order chi connectivity index (χ1) is 11.6. The highest BCUT2D eigenvalue weighted by Crippen LogP contribution is 2.31. The van der Waals surface area contributed by atoms with E-state index in [0.717, 1.165) is 5.56 Å². The largest absolute Gasteiger partial charge is 0.393 e. The molecular weight excluding hydrogens is 310 g/mol. The first kappa shape index (κ1) is 16.4. The van der Waals surface area contributed by atoms with Crippen molar-refractivity contribution in [2.75, 3.05) is 0 Å². The van der Waals surface area contributed by atoms with Gasteiger partial charge in [0.1, 0.15) is 5.76 Å². The third-order valence-corrected chi connectivity index (χ3v) is 4.44. The van der Waals surface area contributed by atoms with Gasteiger partial charge in [0.25, 0.3) is 5.56 Å². The summed E-state index contributed by atoms with van der Waals surface area (Å²) in [4.78, 5) is 27.2. The molecule has 1 saturated carbocycles. The molecule has 0 bridgehead atoms. The van der Waals surface area contributed by atoms with Crippen molar-refractivity contribution in [3.63, 3.8) is 0 Å². The van der Waals surface area contributed by atoms with Crippen molar-refractivity contribution < 1.29 is 14.4 Å². The van der Waals surface area contributed by atoms with Gasteiger partial charge in [-0.05, 0) is 42.9 Å². The molecule has 1 fully saturated rings. The Morgan fingerprint density at radius 1 is 1.42 bits per heavy atom. The third kappa shape index (κ3) is 4.32. The lowest BCUT2D eigenvalue weighted by atomic mass is 9.75. The van der Waals surface area contributed by atoms with Gasteiger partial charge in [-0.1, -0.05) is 0 Å². The van der Waals surface area contributed by atoms with E-state index in [2.05, 4.69) is 15.5 Å². The highest BCUT2D eigenvalue weighted by Gasteiger charge is 2.34. The zero-order valence-electron chi connectivity index (χ0n) is 13.3. The standard InChI is InChI=1S/C17H21N3O4/c21-13-8-12(9-13)15(7-11-3-5-18-6-4-11)19-16(22)2-1-14-10-17(23)20-24-14/h3-6,10,12-13,15,21H,1-2,7-9H2,(H,19,22)(H,20,23)/t12?,13?,15-/m0/s1. The first-order valence-electron chi connectivity index (χ1n) is 8.14. The van der Waals surface area contributed by atoms with E-state index in [9.17, 15) is 14.7 Å². The Hall–Kier alpha value is -2.41. The van der Waals surface area contributed by atoms with Gasteiger partial charge in [-0.3, -0.25) is 14.6 Å². The van der Waals surface area contributed by atoms with E-state index < -0.39 is 0 Å². The predicted molar refractivity (Wildman–Crippen MR) is 86.3 cm³/mol. The van der Waals surface area contributed by atoms with Gasteiger partial charge < -0.3 is 14.9 Å². The number of aliphatic hydroxyl groups excluding tert-OH is 1. The fourth-order valence-electron chi connectivity index (χ4n) is 3.03. The van der Waals surface area contributed by atoms with Gasteiger partial charge in [0.2, 0.25) is 5.91 Å². The maximum absolute atomic E-state index is 12.2. The van der Waals surface area contributed by atoms with Crippen LogP contribution in [-0.4, -0.2) is 33.3 Å².